The van der Waals surface area contributed by atoms with Crippen molar-refractivity contribution in [2.75, 3.05) is 0 Å². The van der Waals surface area contributed by atoms with E-state index in [4.69, 9.17) is 0 Å². The van der Waals surface area contributed by atoms with E-state index in [-0.39, 0.29) is 0 Å². The van der Waals surface area contributed by atoms with Crippen LogP contribution in [-0.2, 0) is 4.79 Å². The van der Waals surface area contributed by atoms with Gasteiger partial charge in [-0.1, -0.05) is 50.6 Å². The smallest absolute Gasteiger partial charge is 0.193 e. The maximum Gasteiger partial charge on any atom is 0.193 e. The summed E-state index contributed by atoms with van der Waals surface area (Å²) in [5.74, 6) is 0. The molecule has 0 aromatic rings. The third kappa shape index (κ3) is 3.37. The lowest BCUT2D eigenvalue weighted by Gasteiger charge is -2.19. The molecule has 0 bridgehead atoms. The van der Waals surface area contributed by atoms with Gasteiger partial charge in [0.1, 0.15) is 0 Å². The van der Waals surface area contributed by atoms with E-state index in [1.165, 1.54) is 29.3 Å². The monoisotopic (exact) mass is 226 g/mol. The second-order valence-corrected chi connectivity index (χ2v) is 6.96. The molecule has 0 spiro atoms. The zero-order chi connectivity index (χ0) is 11.6. The van der Waals surface area contributed by atoms with Crippen molar-refractivity contribution in [2.24, 2.45) is 5.41 Å². The minimum absolute atomic E-state index is 0.318. The zero-order valence-electron chi connectivity index (χ0n) is 10.5. The largest absolute Gasteiger partial charge is 0.287 e. The van der Waals surface area contributed by atoms with Crippen LogP contribution < -0.4 is 0 Å². The second kappa shape index (κ2) is 4.73. The van der Waals surface area contributed by atoms with Gasteiger partial charge in [0, 0.05) is 11.7 Å². The molecule has 0 atom stereocenters. The summed E-state index contributed by atoms with van der Waals surface area (Å²) in [4.78, 5) is 11.7. The van der Waals surface area contributed by atoms with Gasteiger partial charge in [0.05, 0.1) is 0 Å². The van der Waals surface area contributed by atoms with Crippen molar-refractivity contribution in [1.29, 1.82) is 0 Å². The Bertz CT molecular complexity index is 287. The van der Waals surface area contributed by atoms with Crippen LogP contribution in [0, 0.1) is 5.41 Å². The molecule has 86 valence electrons. The lowest BCUT2D eigenvalue weighted by atomic mass is 9.86. The Labute approximate surface area is 97.7 Å². The first kappa shape index (κ1) is 12.8. The summed E-state index contributed by atoms with van der Waals surface area (Å²) in [6.45, 7) is 10.9. The number of rotatable bonds is 3. The fraction of sp³-hybridized carbons (Fsp3) is 0.769. The van der Waals surface area contributed by atoms with Crippen molar-refractivity contribution < 1.29 is 4.79 Å². The van der Waals surface area contributed by atoms with E-state index in [9.17, 15) is 4.79 Å². The SMILES string of the molecule is CC1=C(CC(=O)SC(C)C)CCC1(C)C. The number of carbonyl (C=O) groups is 1. The molecule has 0 N–H and O–H groups in total. The quantitative estimate of drug-likeness (QED) is 0.671. The van der Waals surface area contributed by atoms with E-state index in [1.807, 2.05) is 0 Å². The molecule has 1 aliphatic carbocycles. The molecule has 1 rings (SSSR count). The van der Waals surface area contributed by atoms with Crippen LogP contribution in [0.4, 0.5) is 0 Å². The topological polar surface area (TPSA) is 17.1 Å². The predicted molar refractivity (Wildman–Crippen MR) is 68.1 cm³/mol. The van der Waals surface area contributed by atoms with E-state index >= 15 is 0 Å². The predicted octanol–water partition coefficient (Wildman–Crippen LogP) is 4.18. The van der Waals surface area contributed by atoms with Crippen molar-refractivity contribution in [1.82, 2.24) is 0 Å². The summed E-state index contributed by atoms with van der Waals surface area (Å²) in [6, 6.07) is 0. The van der Waals surface area contributed by atoms with Gasteiger partial charge < -0.3 is 0 Å². The molecule has 0 aromatic heterocycles. The van der Waals surface area contributed by atoms with Crippen molar-refractivity contribution in [3.8, 4) is 0 Å². The number of thioether (sulfide) groups is 1. The first-order valence-corrected chi connectivity index (χ1v) is 6.59. The standard InChI is InChI=1S/C13H22OS/c1-9(2)15-12(14)8-11-6-7-13(4,5)10(11)3/h9H,6-8H2,1-5H3. The van der Waals surface area contributed by atoms with Gasteiger partial charge in [-0.05, 0) is 25.2 Å². The molecular weight excluding hydrogens is 204 g/mol. The van der Waals surface area contributed by atoms with E-state index in [1.54, 1.807) is 0 Å². The first-order valence-electron chi connectivity index (χ1n) is 5.71. The Morgan fingerprint density at radius 3 is 2.47 bits per heavy atom. The van der Waals surface area contributed by atoms with Crippen LogP contribution >= 0.6 is 11.8 Å². The van der Waals surface area contributed by atoms with Crippen molar-refractivity contribution in [2.45, 2.75) is 59.1 Å². The molecule has 0 fully saturated rings. The van der Waals surface area contributed by atoms with Gasteiger partial charge in [-0.2, -0.15) is 0 Å². The van der Waals surface area contributed by atoms with Crippen LogP contribution in [0.3, 0.4) is 0 Å². The summed E-state index contributed by atoms with van der Waals surface area (Å²) in [7, 11) is 0. The summed E-state index contributed by atoms with van der Waals surface area (Å²) >= 11 is 1.47. The van der Waals surface area contributed by atoms with Crippen LogP contribution in [0.15, 0.2) is 11.1 Å². The third-order valence-electron chi connectivity index (χ3n) is 3.32. The van der Waals surface area contributed by atoms with Gasteiger partial charge in [-0.3, -0.25) is 4.79 Å². The molecule has 0 radical (unpaired) electrons. The number of allylic oxidation sites excluding steroid dienone is 2. The van der Waals surface area contributed by atoms with Crippen molar-refractivity contribution in [3.05, 3.63) is 11.1 Å². The summed E-state index contributed by atoms with van der Waals surface area (Å²) in [5.41, 5.74) is 3.15. The molecule has 0 heterocycles. The number of hydrogen-bond acceptors (Lipinski definition) is 2. The molecule has 0 aromatic carbocycles. The third-order valence-corrected chi connectivity index (χ3v) is 4.20. The van der Waals surface area contributed by atoms with Crippen LogP contribution in [-0.4, -0.2) is 10.4 Å². The molecule has 0 unspecified atom stereocenters. The van der Waals surface area contributed by atoms with Crippen LogP contribution in [0.5, 0.6) is 0 Å². The highest BCUT2D eigenvalue weighted by molar-refractivity contribution is 8.14. The minimum atomic E-state index is 0.318. The molecule has 2 heteroatoms. The molecule has 0 amide bonds. The van der Waals surface area contributed by atoms with Gasteiger partial charge in [0.2, 0.25) is 0 Å². The van der Waals surface area contributed by atoms with Crippen LogP contribution in [0.1, 0.15) is 53.9 Å². The molecule has 1 nitrogen and oxygen atoms in total. The van der Waals surface area contributed by atoms with Gasteiger partial charge in [-0.15, -0.1) is 0 Å². The highest BCUT2D eigenvalue weighted by Crippen LogP contribution is 2.43. The van der Waals surface area contributed by atoms with Gasteiger partial charge in [-0.25, -0.2) is 0 Å². The maximum atomic E-state index is 11.7. The molecule has 1 aliphatic rings. The van der Waals surface area contributed by atoms with E-state index in [0.29, 0.717) is 22.2 Å². The fourth-order valence-corrected chi connectivity index (χ4v) is 2.80. The van der Waals surface area contributed by atoms with Crippen molar-refractivity contribution >= 4 is 16.9 Å². The van der Waals surface area contributed by atoms with E-state index in [0.717, 1.165) is 6.42 Å². The molecule has 15 heavy (non-hydrogen) atoms. The average Bonchev–Trinajstić information content (AvgIpc) is 2.30. The Kier molecular flexibility index (Phi) is 4.05. The Hall–Kier alpha value is -0.240. The fourth-order valence-electron chi connectivity index (χ4n) is 2.02. The Morgan fingerprint density at radius 2 is 2.07 bits per heavy atom. The Morgan fingerprint density at radius 1 is 1.47 bits per heavy atom. The lowest BCUT2D eigenvalue weighted by molar-refractivity contribution is -0.110. The first-order chi connectivity index (χ1) is 6.83. The highest BCUT2D eigenvalue weighted by Gasteiger charge is 2.29. The van der Waals surface area contributed by atoms with Gasteiger partial charge in [0.25, 0.3) is 0 Å². The van der Waals surface area contributed by atoms with Gasteiger partial charge in [0.15, 0.2) is 5.12 Å². The highest BCUT2D eigenvalue weighted by atomic mass is 32.2. The molecule has 0 saturated carbocycles. The summed E-state index contributed by atoms with van der Waals surface area (Å²) in [5, 5.41) is 0.741. The van der Waals surface area contributed by atoms with Crippen molar-refractivity contribution in [3.63, 3.8) is 0 Å². The minimum Gasteiger partial charge on any atom is -0.287 e. The summed E-state index contributed by atoms with van der Waals surface area (Å²) in [6.07, 6.45) is 2.98. The second-order valence-electron chi connectivity index (χ2n) is 5.33. The van der Waals surface area contributed by atoms with Crippen LogP contribution in [0.25, 0.3) is 0 Å². The summed E-state index contributed by atoms with van der Waals surface area (Å²) < 4.78 is 0. The number of hydrogen-bond donors (Lipinski definition) is 0. The average molecular weight is 226 g/mol. The molecular formula is C13H22OS. The molecule has 0 aliphatic heterocycles. The zero-order valence-corrected chi connectivity index (χ0v) is 11.3. The maximum absolute atomic E-state index is 11.7. The van der Waals surface area contributed by atoms with E-state index < -0.39 is 0 Å². The van der Waals surface area contributed by atoms with E-state index in [2.05, 4.69) is 34.6 Å². The van der Waals surface area contributed by atoms with Gasteiger partial charge >= 0.3 is 0 Å². The molecule has 0 saturated heterocycles. The van der Waals surface area contributed by atoms with Crippen LogP contribution in [0.2, 0.25) is 0 Å². The Balaban J connectivity index is 2.60. The lowest BCUT2D eigenvalue weighted by Crippen LogP contribution is -2.07. The number of carbonyl (C=O) groups excluding carboxylic acids is 1. The normalized spacial score (nSPS) is 20.1.